The van der Waals surface area contributed by atoms with Gasteiger partial charge >= 0.3 is 0 Å². The Bertz CT molecular complexity index is 383. The molecule has 0 aromatic carbocycles. The maximum Gasteiger partial charge on any atom is 0.219 e. The fourth-order valence-electron chi connectivity index (χ4n) is 1.50. The zero-order chi connectivity index (χ0) is 12.3. The van der Waals surface area contributed by atoms with E-state index in [4.69, 9.17) is 11.5 Å². The minimum Gasteiger partial charge on any atom is -0.394 e. The molecule has 0 radical (unpaired) electrons. The lowest BCUT2D eigenvalue weighted by molar-refractivity contribution is -0.117. The summed E-state index contributed by atoms with van der Waals surface area (Å²) >= 11 is 0. The summed E-state index contributed by atoms with van der Waals surface area (Å²) in [4.78, 5) is 10.6. The Morgan fingerprint density at radius 3 is 2.62 bits per heavy atom. The molecule has 0 aliphatic carbocycles. The summed E-state index contributed by atoms with van der Waals surface area (Å²) in [5.74, 6) is 0.681. The van der Waals surface area contributed by atoms with Gasteiger partial charge in [-0.15, -0.1) is 0 Å². The van der Waals surface area contributed by atoms with E-state index in [1.54, 1.807) is 4.68 Å². The topological polar surface area (TPSA) is 99.0 Å². The highest BCUT2D eigenvalue weighted by atomic mass is 16.1. The number of aryl methyl sites for hydroxylation is 1. The van der Waals surface area contributed by atoms with Gasteiger partial charge in [0.05, 0.1) is 11.4 Å². The standard InChI is InChI=1S/C10H19N5O/c1-6(2)9-8(12)10(15(3)14-9)13-5-4-7(11)16/h6,13H,4-5,12H2,1-3H3,(H2,11,16). The van der Waals surface area contributed by atoms with Crippen LogP contribution in [0.3, 0.4) is 0 Å². The summed E-state index contributed by atoms with van der Waals surface area (Å²) in [7, 11) is 1.81. The van der Waals surface area contributed by atoms with Crippen LogP contribution >= 0.6 is 0 Å². The number of rotatable bonds is 5. The van der Waals surface area contributed by atoms with Gasteiger partial charge < -0.3 is 16.8 Å². The van der Waals surface area contributed by atoms with Crippen molar-refractivity contribution in [2.24, 2.45) is 12.8 Å². The lowest BCUT2D eigenvalue weighted by Crippen LogP contribution is -2.17. The SMILES string of the molecule is CC(C)c1nn(C)c(NCCC(N)=O)c1N. The number of hydrogen-bond donors (Lipinski definition) is 3. The number of nitrogens with two attached hydrogens (primary N) is 2. The summed E-state index contributed by atoms with van der Waals surface area (Å²) in [6, 6.07) is 0. The largest absolute Gasteiger partial charge is 0.394 e. The average molecular weight is 225 g/mol. The third-order valence-corrected chi connectivity index (χ3v) is 2.32. The normalized spacial score (nSPS) is 10.8. The molecule has 16 heavy (non-hydrogen) atoms. The summed E-state index contributed by atoms with van der Waals surface area (Å²) in [5, 5.41) is 7.38. The van der Waals surface area contributed by atoms with E-state index < -0.39 is 0 Å². The first-order valence-corrected chi connectivity index (χ1v) is 5.28. The first kappa shape index (κ1) is 12.4. The fraction of sp³-hybridized carbons (Fsp3) is 0.600. The lowest BCUT2D eigenvalue weighted by atomic mass is 10.1. The van der Waals surface area contributed by atoms with Crippen LogP contribution in [0.5, 0.6) is 0 Å². The third kappa shape index (κ3) is 2.65. The highest BCUT2D eigenvalue weighted by Gasteiger charge is 2.15. The van der Waals surface area contributed by atoms with Gasteiger partial charge in [0.25, 0.3) is 0 Å². The smallest absolute Gasteiger partial charge is 0.219 e. The number of nitrogens with one attached hydrogen (secondary N) is 1. The van der Waals surface area contributed by atoms with Crippen LogP contribution in [0.2, 0.25) is 0 Å². The van der Waals surface area contributed by atoms with Crippen molar-refractivity contribution in [1.82, 2.24) is 9.78 Å². The van der Waals surface area contributed by atoms with Crippen LogP contribution in [-0.4, -0.2) is 22.2 Å². The molecule has 6 heteroatoms. The zero-order valence-electron chi connectivity index (χ0n) is 9.95. The first-order valence-electron chi connectivity index (χ1n) is 5.28. The maximum absolute atomic E-state index is 10.6. The number of carbonyl (C=O) groups is 1. The molecule has 0 saturated carbocycles. The molecule has 90 valence electrons. The van der Waals surface area contributed by atoms with Gasteiger partial charge in [0.1, 0.15) is 5.82 Å². The average Bonchev–Trinajstić information content (AvgIpc) is 2.44. The Hall–Kier alpha value is -1.72. The molecule has 0 saturated heterocycles. The van der Waals surface area contributed by atoms with Crippen molar-refractivity contribution in [2.45, 2.75) is 26.2 Å². The second kappa shape index (κ2) is 4.87. The number of nitrogens with zero attached hydrogens (tertiary/aromatic N) is 2. The number of amides is 1. The van der Waals surface area contributed by atoms with Crippen molar-refractivity contribution in [3.63, 3.8) is 0 Å². The van der Waals surface area contributed by atoms with Crippen LogP contribution in [0.25, 0.3) is 0 Å². The van der Waals surface area contributed by atoms with Gasteiger partial charge in [-0.3, -0.25) is 9.48 Å². The van der Waals surface area contributed by atoms with Crippen LogP contribution in [0, 0.1) is 0 Å². The van der Waals surface area contributed by atoms with Gasteiger partial charge in [-0.05, 0) is 5.92 Å². The van der Waals surface area contributed by atoms with Crippen LogP contribution in [0.4, 0.5) is 11.5 Å². The minimum atomic E-state index is -0.336. The fourth-order valence-corrected chi connectivity index (χ4v) is 1.50. The van der Waals surface area contributed by atoms with Gasteiger partial charge in [0, 0.05) is 20.0 Å². The zero-order valence-corrected chi connectivity index (χ0v) is 9.95. The molecule has 0 aliphatic heterocycles. The van der Waals surface area contributed by atoms with Crippen molar-refractivity contribution < 1.29 is 4.79 Å². The molecule has 0 bridgehead atoms. The molecule has 0 unspecified atom stereocenters. The summed E-state index contributed by atoms with van der Waals surface area (Å²) < 4.78 is 1.69. The number of hydrogen-bond acceptors (Lipinski definition) is 4. The van der Waals surface area contributed by atoms with Crippen LogP contribution in [0.1, 0.15) is 31.9 Å². The molecule has 1 aromatic heterocycles. The van der Waals surface area contributed by atoms with Crippen LogP contribution < -0.4 is 16.8 Å². The second-order valence-electron chi connectivity index (χ2n) is 4.07. The molecule has 1 rings (SSSR count). The molecular formula is C10H19N5O. The minimum absolute atomic E-state index is 0.276. The van der Waals surface area contributed by atoms with Crippen molar-refractivity contribution >= 4 is 17.4 Å². The monoisotopic (exact) mass is 225 g/mol. The van der Waals surface area contributed by atoms with Gasteiger partial charge in [-0.1, -0.05) is 13.8 Å². The van der Waals surface area contributed by atoms with Gasteiger partial charge in [0.15, 0.2) is 0 Å². The Balaban J connectivity index is 2.76. The van der Waals surface area contributed by atoms with Crippen LogP contribution in [0.15, 0.2) is 0 Å². The molecule has 5 N–H and O–H groups in total. The van der Waals surface area contributed by atoms with E-state index in [9.17, 15) is 4.79 Å². The van der Waals surface area contributed by atoms with E-state index in [1.165, 1.54) is 0 Å². The molecule has 1 aromatic rings. The van der Waals surface area contributed by atoms with E-state index in [-0.39, 0.29) is 18.2 Å². The number of anilines is 2. The highest BCUT2D eigenvalue weighted by molar-refractivity contribution is 5.74. The van der Waals surface area contributed by atoms with Crippen molar-refractivity contribution in [2.75, 3.05) is 17.6 Å². The molecule has 0 aliphatic rings. The number of aromatic nitrogens is 2. The van der Waals surface area contributed by atoms with Crippen molar-refractivity contribution in [3.8, 4) is 0 Å². The van der Waals surface area contributed by atoms with E-state index in [0.717, 1.165) is 11.5 Å². The Labute approximate surface area is 95.0 Å². The van der Waals surface area contributed by atoms with Gasteiger partial charge in [0.2, 0.25) is 5.91 Å². The number of carbonyl (C=O) groups excluding carboxylic acids is 1. The van der Waals surface area contributed by atoms with Crippen molar-refractivity contribution in [1.29, 1.82) is 0 Å². The van der Waals surface area contributed by atoms with Gasteiger partial charge in [-0.2, -0.15) is 5.10 Å². The highest BCUT2D eigenvalue weighted by Crippen LogP contribution is 2.27. The van der Waals surface area contributed by atoms with Crippen molar-refractivity contribution in [3.05, 3.63) is 5.69 Å². The molecule has 1 amide bonds. The molecular weight excluding hydrogens is 206 g/mol. The molecule has 0 fully saturated rings. The van der Waals surface area contributed by atoms with Crippen LogP contribution in [-0.2, 0) is 11.8 Å². The number of primary amides is 1. The molecule has 0 spiro atoms. The van der Waals surface area contributed by atoms with E-state index in [2.05, 4.69) is 10.4 Å². The maximum atomic E-state index is 10.6. The summed E-state index contributed by atoms with van der Waals surface area (Å²) in [6.07, 6.45) is 0.279. The molecule has 6 nitrogen and oxygen atoms in total. The lowest BCUT2D eigenvalue weighted by Gasteiger charge is -2.06. The Kier molecular flexibility index (Phi) is 3.76. The molecule has 0 atom stereocenters. The third-order valence-electron chi connectivity index (χ3n) is 2.32. The predicted octanol–water partition coefficient (Wildman–Crippen LogP) is 0.413. The Morgan fingerprint density at radius 2 is 2.19 bits per heavy atom. The quantitative estimate of drug-likeness (QED) is 0.676. The number of nitrogen functional groups attached to an aromatic ring is 1. The Morgan fingerprint density at radius 1 is 1.56 bits per heavy atom. The predicted molar refractivity (Wildman–Crippen MR) is 64.0 cm³/mol. The first-order chi connectivity index (χ1) is 7.43. The van der Waals surface area contributed by atoms with E-state index in [0.29, 0.717) is 12.2 Å². The van der Waals surface area contributed by atoms with E-state index >= 15 is 0 Å². The van der Waals surface area contributed by atoms with Gasteiger partial charge in [-0.25, -0.2) is 0 Å². The molecule has 1 heterocycles. The summed E-state index contributed by atoms with van der Waals surface area (Å²) in [6.45, 7) is 4.54. The van der Waals surface area contributed by atoms with E-state index in [1.807, 2.05) is 20.9 Å². The second-order valence-corrected chi connectivity index (χ2v) is 4.07. The summed E-state index contributed by atoms with van der Waals surface area (Å²) in [5.41, 5.74) is 12.5.